The number of halogens is 2. The van der Waals surface area contributed by atoms with Crippen LogP contribution in [0.25, 0.3) is 22.0 Å². The molecule has 2 N–H and O–H groups in total. The first-order chi connectivity index (χ1) is 18.5. The fraction of sp³-hybridized carbons (Fsp3) is 0.207. The number of aromatic nitrogens is 2. The van der Waals surface area contributed by atoms with Crippen molar-refractivity contribution in [1.82, 2.24) is 14.9 Å². The predicted octanol–water partition coefficient (Wildman–Crippen LogP) is 5.55. The molecule has 7 nitrogen and oxygen atoms in total. The van der Waals surface area contributed by atoms with Gasteiger partial charge in [-0.1, -0.05) is 36.9 Å². The van der Waals surface area contributed by atoms with Crippen LogP contribution < -0.4 is 15.5 Å². The molecule has 194 valence electrons. The Bertz CT molecular complexity index is 1430. The van der Waals surface area contributed by atoms with Crippen LogP contribution in [-0.2, 0) is 4.79 Å². The second kappa shape index (κ2) is 11.4. The summed E-state index contributed by atoms with van der Waals surface area (Å²) in [5.74, 6) is 0.198. The molecule has 4 aromatic rings. The van der Waals surface area contributed by atoms with E-state index in [1.807, 2.05) is 66.7 Å². The van der Waals surface area contributed by atoms with Crippen molar-refractivity contribution < 1.29 is 13.6 Å². The minimum Gasteiger partial charge on any atom is -0.369 e. The van der Waals surface area contributed by atoms with Gasteiger partial charge in [-0.15, -0.1) is 0 Å². The molecule has 0 unspecified atom stereocenters. The summed E-state index contributed by atoms with van der Waals surface area (Å²) in [7, 11) is 0. The van der Waals surface area contributed by atoms with Gasteiger partial charge in [0.05, 0.1) is 12.1 Å². The van der Waals surface area contributed by atoms with Crippen LogP contribution in [0, 0.1) is 0 Å². The zero-order chi connectivity index (χ0) is 26.5. The molecule has 0 saturated carbocycles. The molecule has 2 heterocycles. The highest BCUT2D eigenvalue weighted by Gasteiger charge is 2.19. The normalized spacial score (nSPS) is 14.0. The van der Waals surface area contributed by atoms with Gasteiger partial charge in [-0.2, -0.15) is 0 Å². The molecule has 0 bridgehead atoms. The predicted molar refractivity (Wildman–Crippen MR) is 148 cm³/mol. The van der Waals surface area contributed by atoms with Crippen molar-refractivity contribution in [1.29, 1.82) is 0 Å². The van der Waals surface area contributed by atoms with Gasteiger partial charge in [-0.05, 0) is 48.0 Å². The van der Waals surface area contributed by atoms with Crippen molar-refractivity contribution in [2.24, 2.45) is 0 Å². The summed E-state index contributed by atoms with van der Waals surface area (Å²) in [5, 5.41) is 6.97. The van der Waals surface area contributed by atoms with Crippen molar-refractivity contribution >= 4 is 39.8 Å². The Kier molecular flexibility index (Phi) is 7.55. The van der Waals surface area contributed by atoms with Crippen LogP contribution in [0.2, 0.25) is 0 Å². The van der Waals surface area contributed by atoms with Crippen molar-refractivity contribution in [2.75, 3.05) is 48.3 Å². The lowest BCUT2D eigenvalue weighted by Gasteiger charge is -2.35. The molecule has 1 amide bonds. The van der Waals surface area contributed by atoms with Gasteiger partial charge in [-0.3, -0.25) is 9.69 Å². The Morgan fingerprint density at radius 3 is 2.50 bits per heavy atom. The fourth-order valence-electron chi connectivity index (χ4n) is 4.58. The summed E-state index contributed by atoms with van der Waals surface area (Å²) in [6, 6.07) is 21.4. The number of alkyl halides is 2. The molecule has 1 saturated heterocycles. The molecule has 38 heavy (non-hydrogen) atoms. The maximum absolute atomic E-state index is 12.6. The largest absolute Gasteiger partial charge is 0.369 e. The third-order valence-corrected chi connectivity index (χ3v) is 6.49. The van der Waals surface area contributed by atoms with E-state index in [0.29, 0.717) is 37.8 Å². The van der Waals surface area contributed by atoms with E-state index in [1.165, 1.54) is 6.08 Å². The van der Waals surface area contributed by atoms with Gasteiger partial charge in [-0.25, -0.2) is 18.7 Å². The van der Waals surface area contributed by atoms with Gasteiger partial charge in [0.25, 0.3) is 6.43 Å². The van der Waals surface area contributed by atoms with Crippen LogP contribution in [0.3, 0.4) is 0 Å². The number of rotatable bonds is 8. The maximum Gasteiger partial charge on any atom is 0.251 e. The molecule has 1 aliphatic heterocycles. The summed E-state index contributed by atoms with van der Waals surface area (Å²) in [5.41, 5.74) is 5.19. The zero-order valence-electron chi connectivity index (χ0n) is 20.8. The molecular weight excluding hydrogens is 486 g/mol. The van der Waals surface area contributed by atoms with E-state index in [4.69, 9.17) is 4.98 Å². The number of carbonyl (C=O) groups is 1. The topological polar surface area (TPSA) is 73.4 Å². The maximum atomic E-state index is 12.6. The summed E-state index contributed by atoms with van der Waals surface area (Å²) in [6.45, 7) is 6.02. The average Bonchev–Trinajstić information content (AvgIpc) is 2.93. The van der Waals surface area contributed by atoms with Crippen LogP contribution in [-0.4, -0.2) is 59.9 Å². The molecule has 0 spiro atoms. The highest BCUT2D eigenvalue weighted by Crippen LogP contribution is 2.30. The lowest BCUT2D eigenvalue weighted by molar-refractivity contribution is -0.111. The Morgan fingerprint density at radius 2 is 1.76 bits per heavy atom. The average molecular weight is 515 g/mol. The number of carbonyl (C=O) groups excluding carboxylic acids is 1. The second-order valence-electron chi connectivity index (χ2n) is 9.06. The zero-order valence-corrected chi connectivity index (χ0v) is 20.8. The highest BCUT2D eigenvalue weighted by atomic mass is 19.3. The highest BCUT2D eigenvalue weighted by molar-refractivity contribution is 6.00. The van der Waals surface area contributed by atoms with E-state index in [-0.39, 0.29) is 12.5 Å². The summed E-state index contributed by atoms with van der Waals surface area (Å²) in [6.07, 6.45) is 0.722. The molecule has 0 aliphatic carbocycles. The minimum atomic E-state index is -2.30. The Labute approximate surface area is 219 Å². The molecule has 0 radical (unpaired) electrons. The summed E-state index contributed by atoms with van der Waals surface area (Å²) < 4.78 is 25.3. The Morgan fingerprint density at radius 1 is 1.00 bits per heavy atom. The van der Waals surface area contributed by atoms with Crippen LogP contribution in [0.5, 0.6) is 0 Å². The van der Waals surface area contributed by atoms with Crippen molar-refractivity contribution in [3.05, 3.63) is 85.6 Å². The third-order valence-electron chi connectivity index (χ3n) is 6.49. The molecule has 1 fully saturated rings. The van der Waals surface area contributed by atoms with Gasteiger partial charge in [0.15, 0.2) is 0 Å². The SMILES string of the molecule is C=CC(=O)Nc1cccc(-c2cccc3cnc(Nc4ccc(N5CCN(CC(F)F)CC5)cc4)nc23)c1. The molecular formula is C29H28F2N6O. The number of para-hydroxylation sites is 1. The molecule has 1 aliphatic rings. The van der Waals surface area contributed by atoms with Gasteiger partial charge in [0.2, 0.25) is 11.9 Å². The minimum absolute atomic E-state index is 0.165. The van der Waals surface area contributed by atoms with Crippen molar-refractivity contribution in [2.45, 2.75) is 6.43 Å². The Balaban J connectivity index is 1.32. The molecule has 1 aromatic heterocycles. The first-order valence-corrected chi connectivity index (χ1v) is 12.4. The van der Waals surface area contributed by atoms with Crippen LogP contribution >= 0.6 is 0 Å². The van der Waals surface area contributed by atoms with E-state index in [9.17, 15) is 13.6 Å². The van der Waals surface area contributed by atoms with E-state index in [2.05, 4.69) is 27.1 Å². The smallest absolute Gasteiger partial charge is 0.251 e. The van der Waals surface area contributed by atoms with E-state index >= 15 is 0 Å². The van der Waals surface area contributed by atoms with Gasteiger partial charge < -0.3 is 15.5 Å². The van der Waals surface area contributed by atoms with Crippen LogP contribution in [0.15, 0.2) is 85.6 Å². The van der Waals surface area contributed by atoms with Gasteiger partial charge >= 0.3 is 0 Å². The number of nitrogens with one attached hydrogen (secondary N) is 2. The number of piperazine rings is 1. The monoisotopic (exact) mass is 514 g/mol. The summed E-state index contributed by atoms with van der Waals surface area (Å²) in [4.78, 5) is 25.0. The standard InChI is InChI=1S/C29H28F2N6O/c1-2-27(38)33-23-7-3-5-20(17-23)25-8-4-6-21-18-32-29(35-28(21)25)34-22-9-11-24(12-10-22)37-15-13-36(14-16-37)19-26(30)31/h2-12,17-18,26H,1,13-16,19H2,(H,33,38)(H,32,34,35). The molecule has 9 heteroatoms. The van der Waals surface area contributed by atoms with E-state index in [1.54, 1.807) is 11.1 Å². The molecule has 3 aromatic carbocycles. The number of hydrogen-bond donors (Lipinski definition) is 2. The summed E-state index contributed by atoms with van der Waals surface area (Å²) >= 11 is 0. The van der Waals surface area contributed by atoms with Crippen molar-refractivity contribution in [3.63, 3.8) is 0 Å². The van der Waals surface area contributed by atoms with Crippen LogP contribution in [0.4, 0.5) is 31.8 Å². The number of amides is 1. The number of nitrogens with zero attached hydrogens (tertiary/aromatic N) is 4. The Hall–Kier alpha value is -4.37. The number of fused-ring (bicyclic) bond motifs is 1. The fourth-order valence-corrected chi connectivity index (χ4v) is 4.58. The molecule has 0 atom stereocenters. The van der Waals surface area contributed by atoms with Gasteiger partial charge in [0.1, 0.15) is 0 Å². The third kappa shape index (κ3) is 5.95. The second-order valence-corrected chi connectivity index (χ2v) is 9.06. The van der Waals surface area contributed by atoms with E-state index in [0.717, 1.165) is 33.4 Å². The van der Waals surface area contributed by atoms with Crippen LogP contribution in [0.1, 0.15) is 0 Å². The first kappa shape index (κ1) is 25.3. The number of benzene rings is 3. The number of hydrogen-bond acceptors (Lipinski definition) is 6. The van der Waals surface area contributed by atoms with Crippen molar-refractivity contribution in [3.8, 4) is 11.1 Å². The molecule has 5 rings (SSSR count). The van der Waals surface area contributed by atoms with Gasteiger partial charge in [0, 0.05) is 60.4 Å². The quantitative estimate of drug-likeness (QED) is 0.300. The lowest BCUT2D eigenvalue weighted by atomic mass is 10.0. The first-order valence-electron chi connectivity index (χ1n) is 12.4. The lowest BCUT2D eigenvalue weighted by Crippen LogP contribution is -2.47. The number of anilines is 4. The van der Waals surface area contributed by atoms with E-state index < -0.39 is 6.43 Å².